The number of benzene rings is 1. The van der Waals surface area contributed by atoms with E-state index in [0.29, 0.717) is 55.2 Å². The van der Waals surface area contributed by atoms with Gasteiger partial charge in [-0.15, -0.1) is 0 Å². The van der Waals surface area contributed by atoms with E-state index in [1.54, 1.807) is 11.9 Å². The van der Waals surface area contributed by atoms with Gasteiger partial charge >= 0.3 is 0 Å². The van der Waals surface area contributed by atoms with Crippen molar-refractivity contribution in [2.24, 2.45) is 0 Å². The van der Waals surface area contributed by atoms with Crippen LogP contribution >= 0.6 is 0 Å². The van der Waals surface area contributed by atoms with E-state index in [1.807, 2.05) is 12.1 Å². The first kappa shape index (κ1) is 71.4. The first-order valence-electron chi connectivity index (χ1n) is 33.3. The molecule has 0 saturated heterocycles. The molecule has 1 aromatic carbocycles. The molecule has 0 spiro atoms. The third kappa shape index (κ3) is 44.3. The van der Waals surface area contributed by atoms with Gasteiger partial charge in [-0.1, -0.05) is 310 Å². The van der Waals surface area contributed by atoms with Gasteiger partial charge in [-0.05, 0) is 31.4 Å². The molecule has 0 N–H and O–H groups in total. The van der Waals surface area contributed by atoms with Crippen molar-refractivity contribution in [3.8, 4) is 17.2 Å². The second kappa shape index (κ2) is 57.1. The van der Waals surface area contributed by atoms with Crippen molar-refractivity contribution in [3.63, 3.8) is 0 Å². The molecular formula is C68H125NO7. The smallest absolute Gasteiger partial charge is 0.253 e. The van der Waals surface area contributed by atoms with Gasteiger partial charge in [0.2, 0.25) is 5.75 Å². The number of hydrogen-bond donors (Lipinski definition) is 0. The molecule has 0 bridgehead atoms. The van der Waals surface area contributed by atoms with Crippen molar-refractivity contribution in [2.75, 3.05) is 40.0 Å². The summed E-state index contributed by atoms with van der Waals surface area (Å²) >= 11 is 0. The molecule has 8 heteroatoms. The van der Waals surface area contributed by atoms with Crippen LogP contribution in [0.2, 0.25) is 0 Å². The fourth-order valence-electron chi connectivity index (χ4n) is 10.5. The highest BCUT2D eigenvalue weighted by atomic mass is 16.5. The maximum atomic E-state index is 14.0. The molecule has 0 heterocycles. The molecule has 1 unspecified atom stereocenters. The van der Waals surface area contributed by atoms with Crippen LogP contribution in [0.3, 0.4) is 0 Å². The van der Waals surface area contributed by atoms with Crippen molar-refractivity contribution in [1.29, 1.82) is 0 Å². The number of amides is 1. The number of nitrogens with zero attached hydrogens (tertiary/aromatic N) is 1. The molecule has 0 aliphatic heterocycles. The topological polar surface area (TPSA) is 91.4 Å². The Morgan fingerprint density at radius 3 is 0.921 bits per heavy atom. The molecule has 76 heavy (non-hydrogen) atoms. The lowest BCUT2D eigenvalue weighted by Gasteiger charge is -2.22. The van der Waals surface area contributed by atoms with E-state index < -0.39 is 6.10 Å². The predicted molar refractivity (Wildman–Crippen MR) is 325 cm³/mol. The van der Waals surface area contributed by atoms with E-state index in [9.17, 15) is 14.4 Å². The van der Waals surface area contributed by atoms with Crippen LogP contribution in [0.5, 0.6) is 17.2 Å². The Bertz CT molecular complexity index is 1340. The second-order valence-electron chi connectivity index (χ2n) is 22.9. The van der Waals surface area contributed by atoms with Gasteiger partial charge in [0.25, 0.3) is 5.91 Å². The summed E-state index contributed by atoms with van der Waals surface area (Å²) in [6, 6.07) is 3.66. The number of carbonyl (C=O) groups is 3. The van der Waals surface area contributed by atoms with Gasteiger partial charge < -0.3 is 33.4 Å². The highest BCUT2D eigenvalue weighted by molar-refractivity contribution is 5.95. The van der Waals surface area contributed by atoms with Crippen molar-refractivity contribution in [3.05, 3.63) is 17.7 Å². The zero-order valence-electron chi connectivity index (χ0n) is 50.9. The zero-order chi connectivity index (χ0) is 54.9. The molecule has 8 nitrogen and oxygen atoms in total. The van der Waals surface area contributed by atoms with E-state index in [2.05, 4.69) is 20.8 Å². The molecule has 0 aromatic heterocycles. The minimum atomic E-state index is -0.805. The maximum Gasteiger partial charge on any atom is 0.253 e. The van der Waals surface area contributed by atoms with Gasteiger partial charge in [-0.2, -0.15) is 0 Å². The standard InChI is InChI=1S/C68H125NO7/c1-5-8-11-14-17-20-23-26-29-32-35-38-41-44-47-50-56-74-65-60-63(68(72)69(4)54-59-73-64(62-71)53-55-70)61-66(75-57-51-48-45-42-39-36-33-30-27-24-21-18-15-12-9-6-2)67(65)76-58-52-49-46-43-40-37-34-31-28-25-22-19-16-13-10-7-3/h55,60-62,64H,5-54,56-59H2,1-4H3. The Kier molecular flexibility index (Phi) is 53.6. The fourth-order valence-corrected chi connectivity index (χ4v) is 10.5. The molecule has 0 saturated carbocycles. The zero-order valence-corrected chi connectivity index (χ0v) is 50.9. The molecule has 0 fully saturated rings. The van der Waals surface area contributed by atoms with Gasteiger partial charge in [0.05, 0.1) is 26.4 Å². The molecular weight excluding hydrogens is 943 g/mol. The largest absolute Gasteiger partial charge is 0.490 e. The van der Waals surface area contributed by atoms with Crippen LogP contribution in [0.1, 0.15) is 346 Å². The van der Waals surface area contributed by atoms with Gasteiger partial charge in [-0.25, -0.2) is 0 Å². The summed E-state index contributed by atoms with van der Waals surface area (Å²) < 4.78 is 25.4. The first-order chi connectivity index (χ1) is 37.5. The Hall–Kier alpha value is -2.61. The molecule has 1 atom stereocenters. The summed E-state index contributed by atoms with van der Waals surface area (Å²) in [6.07, 6.45) is 63.9. The van der Waals surface area contributed by atoms with Crippen LogP contribution in [0, 0.1) is 0 Å². The summed E-state index contributed by atoms with van der Waals surface area (Å²) in [5.41, 5.74) is 0.473. The van der Waals surface area contributed by atoms with Gasteiger partial charge in [0.1, 0.15) is 18.7 Å². The number of hydrogen-bond acceptors (Lipinski definition) is 7. The summed E-state index contributed by atoms with van der Waals surface area (Å²) in [5.74, 6) is 1.56. The van der Waals surface area contributed by atoms with Crippen molar-refractivity contribution < 1.29 is 33.3 Å². The third-order valence-corrected chi connectivity index (χ3v) is 15.6. The lowest BCUT2D eigenvalue weighted by molar-refractivity contribution is -0.122. The highest BCUT2D eigenvalue weighted by Crippen LogP contribution is 2.40. The van der Waals surface area contributed by atoms with Crippen LogP contribution in [0.15, 0.2) is 12.1 Å². The second-order valence-corrected chi connectivity index (χ2v) is 22.9. The van der Waals surface area contributed by atoms with E-state index in [1.165, 1.54) is 270 Å². The normalized spacial score (nSPS) is 11.8. The number of unbranched alkanes of at least 4 members (excludes halogenated alkanes) is 45. The van der Waals surface area contributed by atoms with Crippen molar-refractivity contribution in [2.45, 2.75) is 341 Å². The molecule has 0 aliphatic rings. The van der Waals surface area contributed by atoms with Crippen LogP contribution in [-0.2, 0) is 14.3 Å². The Morgan fingerprint density at radius 1 is 0.395 bits per heavy atom. The average molecular weight is 1070 g/mol. The average Bonchev–Trinajstić information content (AvgIpc) is 3.43. The van der Waals surface area contributed by atoms with Gasteiger partial charge in [-0.3, -0.25) is 4.79 Å². The summed E-state index contributed by atoms with van der Waals surface area (Å²) in [5, 5.41) is 0. The van der Waals surface area contributed by atoms with E-state index in [-0.39, 0.29) is 25.5 Å². The quantitative estimate of drug-likeness (QED) is 0.0474. The van der Waals surface area contributed by atoms with Crippen LogP contribution in [0.25, 0.3) is 0 Å². The van der Waals surface area contributed by atoms with Crippen molar-refractivity contribution >= 4 is 18.5 Å². The predicted octanol–water partition coefficient (Wildman–Crippen LogP) is 20.9. The van der Waals surface area contributed by atoms with Gasteiger partial charge in [0, 0.05) is 25.6 Å². The Morgan fingerprint density at radius 2 is 0.658 bits per heavy atom. The molecule has 0 radical (unpaired) electrons. The fraction of sp³-hybridized carbons (Fsp3) is 0.868. The highest BCUT2D eigenvalue weighted by Gasteiger charge is 2.22. The minimum absolute atomic E-state index is 0.00224. The van der Waals surface area contributed by atoms with Crippen LogP contribution < -0.4 is 14.2 Å². The van der Waals surface area contributed by atoms with E-state index in [0.717, 1.165) is 38.5 Å². The van der Waals surface area contributed by atoms with E-state index >= 15 is 0 Å². The Balaban J connectivity index is 2.83. The molecule has 444 valence electrons. The number of aldehydes is 2. The lowest BCUT2D eigenvalue weighted by Crippen LogP contribution is -2.31. The van der Waals surface area contributed by atoms with Gasteiger partial charge in [0.15, 0.2) is 11.5 Å². The molecule has 1 aromatic rings. The summed E-state index contributed by atoms with van der Waals surface area (Å²) in [6.45, 7) is 8.96. The minimum Gasteiger partial charge on any atom is -0.490 e. The van der Waals surface area contributed by atoms with E-state index in [4.69, 9.17) is 18.9 Å². The van der Waals surface area contributed by atoms with Crippen LogP contribution in [-0.4, -0.2) is 69.5 Å². The number of rotatable bonds is 62. The molecule has 0 aliphatic carbocycles. The van der Waals surface area contributed by atoms with Crippen molar-refractivity contribution in [1.82, 2.24) is 4.90 Å². The summed E-state index contributed by atoms with van der Waals surface area (Å²) in [7, 11) is 1.73. The third-order valence-electron chi connectivity index (χ3n) is 15.6. The number of likely N-dealkylation sites (N-methyl/N-ethyl adjacent to an activating group) is 1. The SMILES string of the molecule is CCCCCCCCCCCCCCCCCCOc1cc(C(=O)N(C)CCOC(C=O)CC=O)cc(OCCCCCCCCCCCCCCCCCC)c1OCCCCCCCCCCCCCCCCCC. The monoisotopic (exact) mass is 1070 g/mol. The number of carbonyl (C=O) groups excluding carboxylic acids is 3. The molecule has 1 rings (SSSR count). The van der Waals surface area contributed by atoms with Crippen LogP contribution in [0.4, 0.5) is 0 Å². The molecule has 1 amide bonds. The first-order valence-corrected chi connectivity index (χ1v) is 33.3. The summed E-state index contributed by atoms with van der Waals surface area (Å²) in [4.78, 5) is 38.0. The lowest BCUT2D eigenvalue weighted by atomic mass is 10.0. The maximum absolute atomic E-state index is 14.0. The Labute approximate surface area is 471 Å². The number of ether oxygens (including phenoxy) is 4.